The summed E-state index contributed by atoms with van der Waals surface area (Å²) >= 11 is 7.37. The summed E-state index contributed by atoms with van der Waals surface area (Å²) in [5, 5.41) is 0. The van der Waals surface area contributed by atoms with Crippen molar-refractivity contribution in [1.29, 1.82) is 0 Å². The van der Waals surface area contributed by atoms with Crippen LogP contribution in [0.5, 0.6) is 11.5 Å². The molecule has 5 atom stereocenters. The van der Waals surface area contributed by atoms with Crippen LogP contribution < -0.4 is 9.47 Å². The number of rotatable bonds is 1. The third kappa shape index (κ3) is 1.65. The monoisotopic (exact) mass is 455 g/mol. The average molecular weight is 457 g/mol. The van der Waals surface area contributed by atoms with E-state index in [9.17, 15) is 4.79 Å². The maximum Gasteiger partial charge on any atom is 0.187 e. The van der Waals surface area contributed by atoms with Gasteiger partial charge in [0.25, 0.3) is 0 Å². The van der Waals surface area contributed by atoms with Gasteiger partial charge >= 0.3 is 0 Å². The molecule has 4 nitrogen and oxygen atoms in total. The highest BCUT2D eigenvalue weighted by Gasteiger charge is 2.67. The molecule has 6 heteroatoms. The topological polar surface area (TPSA) is 38.8 Å². The summed E-state index contributed by atoms with van der Waals surface area (Å²) < 4.78 is 13.0. The molecule has 2 fully saturated rings. The fraction of sp³-hybridized carbons (Fsp3) is 0.611. The van der Waals surface area contributed by atoms with Gasteiger partial charge in [-0.25, -0.2) is 0 Å². The maximum atomic E-state index is 13.0. The quantitative estimate of drug-likeness (QED) is 0.609. The van der Waals surface area contributed by atoms with Gasteiger partial charge in [-0.3, -0.25) is 4.79 Å². The van der Waals surface area contributed by atoms with Crippen molar-refractivity contribution in [1.82, 2.24) is 4.90 Å². The van der Waals surface area contributed by atoms with E-state index in [1.807, 2.05) is 6.07 Å². The highest BCUT2D eigenvalue weighted by atomic mass is 79.9. The van der Waals surface area contributed by atoms with Crippen LogP contribution in [-0.2, 0) is 16.6 Å². The van der Waals surface area contributed by atoms with Gasteiger partial charge in [-0.05, 0) is 50.4 Å². The Morgan fingerprint density at radius 1 is 1.46 bits per heavy atom. The van der Waals surface area contributed by atoms with Crippen molar-refractivity contribution in [3.8, 4) is 11.5 Å². The standard InChI is InChI=1S/C18H19Br2NO3/c1-21-4-3-18-9-6-11(20)15(22)17(18)24-16-13(23-2)7-10(19)8(14(16)18)5-12(9)21/h7,9,11-12,17H,3-6H2,1-2H3/t9-,11+,12+,17-,18-/m0/s1. The minimum absolute atomic E-state index is 0.111. The van der Waals surface area contributed by atoms with Crippen LogP contribution in [0.15, 0.2) is 10.5 Å². The summed E-state index contributed by atoms with van der Waals surface area (Å²) in [7, 11) is 3.88. The van der Waals surface area contributed by atoms with E-state index in [0.29, 0.717) is 12.0 Å². The van der Waals surface area contributed by atoms with E-state index in [2.05, 4.69) is 43.8 Å². The van der Waals surface area contributed by atoms with Gasteiger partial charge in [0.1, 0.15) is 0 Å². The molecule has 2 aliphatic carbocycles. The molecular weight excluding hydrogens is 438 g/mol. The molecule has 1 spiro atoms. The first-order chi connectivity index (χ1) is 11.5. The van der Waals surface area contributed by atoms with E-state index in [1.165, 1.54) is 11.1 Å². The summed E-state index contributed by atoms with van der Waals surface area (Å²) in [6.45, 7) is 1.01. The zero-order chi connectivity index (χ0) is 16.8. The summed E-state index contributed by atoms with van der Waals surface area (Å²) in [6.07, 6.45) is 2.48. The zero-order valence-electron chi connectivity index (χ0n) is 13.6. The lowest BCUT2D eigenvalue weighted by molar-refractivity contribution is -0.137. The van der Waals surface area contributed by atoms with Crippen LogP contribution in [0.4, 0.5) is 0 Å². The number of ether oxygens (including phenoxy) is 2. The van der Waals surface area contributed by atoms with Crippen molar-refractivity contribution in [2.24, 2.45) is 5.92 Å². The van der Waals surface area contributed by atoms with Gasteiger partial charge in [0.05, 0.1) is 11.9 Å². The van der Waals surface area contributed by atoms with Gasteiger partial charge in [0.15, 0.2) is 23.4 Å². The van der Waals surface area contributed by atoms with Gasteiger partial charge in [-0.15, -0.1) is 0 Å². The number of carbonyl (C=O) groups excluding carboxylic acids is 1. The lowest BCUT2D eigenvalue weighted by Crippen LogP contribution is -2.67. The molecule has 0 amide bonds. The maximum absolute atomic E-state index is 13.0. The Labute approximate surface area is 158 Å². The van der Waals surface area contributed by atoms with Crippen molar-refractivity contribution >= 4 is 37.6 Å². The number of Topliss-reactive ketones (excluding diaryl/α,β-unsaturated/α-hetero) is 1. The van der Waals surface area contributed by atoms with E-state index < -0.39 is 0 Å². The van der Waals surface area contributed by atoms with Crippen molar-refractivity contribution in [3.05, 3.63) is 21.7 Å². The predicted molar refractivity (Wildman–Crippen MR) is 97.4 cm³/mol. The first-order valence-electron chi connectivity index (χ1n) is 8.43. The van der Waals surface area contributed by atoms with Crippen LogP contribution in [0.25, 0.3) is 0 Å². The molecule has 0 radical (unpaired) electrons. The van der Waals surface area contributed by atoms with Gasteiger partial charge in [-0.1, -0.05) is 31.9 Å². The van der Waals surface area contributed by atoms with Gasteiger partial charge in [-0.2, -0.15) is 0 Å². The number of halogens is 2. The van der Waals surface area contributed by atoms with Gasteiger partial charge in [0.2, 0.25) is 0 Å². The lowest BCUT2D eigenvalue weighted by Gasteiger charge is -2.57. The van der Waals surface area contributed by atoms with E-state index in [1.54, 1.807) is 7.11 Å². The summed E-state index contributed by atoms with van der Waals surface area (Å²) in [5.41, 5.74) is 2.38. The Hall–Kier alpha value is -0.590. The molecular formula is C18H19Br2NO3. The molecule has 5 rings (SSSR count). The minimum atomic E-state index is -0.380. The second-order valence-electron chi connectivity index (χ2n) is 7.50. The Kier molecular flexibility index (Phi) is 3.25. The first kappa shape index (κ1) is 15.6. The second kappa shape index (κ2) is 4.98. The van der Waals surface area contributed by atoms with Crippen molar-refractivity contribution < 1.29 is 14.3 Å². The van der Waals surface area contributed by atoms with E-state index in [0.717, 1.165) is 41.8 Å². The number of methoxy groups -OCH3 is 1. The molecule has 2 aliphatic heterocycles. The molecule has 0 N–H and O–H groups in total. The summed E-state index contributed by atoms with van der Waals surface area (Å²) in [4.78, 5) is 15.3. The average Bonchev–Trinajstić information content (AvgIpc) is 2.90. The van der Waals surface area contributed by atoms with Crippen molar-refractivity contribution in [3.63, 3.8) is 0 Å². The van der Waals surface area contributed by atoms with E-state index >= 15 is 0 Å². The molecule has 0 unspecified atom stereocenters. The minimum Gasteiger partial charge on any atom is -0.493 e. The molecule has 1 saturated heterocycles. The highest BCUT2D eigenvalue weighted by molar-refractivity contribution is 9.10. The third-order valence-corrected chi connectivity index (χ3v) is 8.23. The number of ketones is 1. The highest BCUT2D eigenvalue weighted by Crippen LogP contribution is 2.64. The normalized spacial score (nSPS) is 39.4. The van der Waals surface area contributed by atoms with Crippen LogP contribution >= 0.6 is 31.9 Å². The number of nitrogens with zero attached hydrogens (tertiary/aromatic N) is 1. The number of alkyl halides is 1. The largest absolute Gasteiger partial charge is 0.493 e. The predicted octanol–water partition coefficient (Wildman–Crippen LogP) is 3.07. The summed E-state index contributed by atoms with van der Waals surface area (Å²) in [6, 6.07) is 2.45. The van der Waals surface area contributed by atoms with Crippen LogP contribution in [-0.4, -0.2) is 48.4 Å². The molecule has 1 aromatic carbocycles. The Bertz CT molecular complexity index is 767. The Balaban J connectivity index is 1.83. The second-order valence-corrected chi connectivity index (χ2v) is 9.46. The Morgan fingerprint density at radius 3 is 3.00 bits per heavy atom. The number of hydrogen-bond acceptors (Lipinski definition) is 4. The fourth-order valence-electron chi connectivity index (χ4n) is 5.65. The van der Waals surface area contributed by atoms with E-state index in [4.69, 9.17) is 9.47 Å². The summed E-state index contributed by atoms with van der Waals surface area (Å²) in [5.74, 6) is 2.18. The van der Waals surface area contributed by atoms with Crippen LogP contribution in [0.1, 0.15) is 24.0 Å². The smallest absolute Gasteiger partial charge is 0.187 e. The zero-order valence-corrected chi connectivity index (χ0v) is 16.8. The number of carbonyl (C=O) groups is 1. The molecule has 0 aromatic heterocycles. The lowest BCUT2D eigenvalue weighted by atomic mass is 9.51. The Morgan fingerprint density at radius 2 is 2.25 bits per heavy atom. The van der Waals surface area contributed by atoms with Crippen molar-refractivity contribution in [2.45, 2.75) is 41.7 Å². The van der Waals surface area contributed by atoms with Crippen molar-refractivity contribution in [2.75, 3.05) is 20.7 Å². The SMILES string of the molecule is COc1cc(Br)c2c3c1O[C@H]1C(=O)[C@H](Br)C[C@H]4[C@@H](C2)N(C)CC[C@]314. The van der Waals surface area contributed by atoms with Crippen LogP contribution in [0.2, 0.25) is 0 Å². The number of likely N-dealkylation sites (N-methyl/N-ethyl adjacent to an activating group) is 1. The van der Waals surface area contributed by atoms with E-state index in [-0.39, 0.29) is 22.1 Å². The fourth-order valence-corrected chi connectivity index (χ4v) is 6.86. The number of hydrogen-bond donors (Lipinski definition) is 0. The molecule has 1 aromatic rings. The molecule has 24 heavy (non-hydrogen) atoms. The molecule has 2 bridgehead atoms. The number of likely N-dealkylation sites (tertiary alicyclic amines) is 1. The first-order valence-corrected chi connectivity index (χ1v) is 10.1. The van der Waals surface area contributed by atoms with Crippen LogP contribution in [0, 0.1) is 5.92 Å². The van der Waals surface area contributed by atoms with Crippen LogP contribution in [0.3, 0.4) is 0 Å². The van der Waals surface area contributed by atoms with Gasteiger partial charge < -0.3 is 14.4 Å². The number of benzene rings is 1. The molecule has 4 aliphatic rings. The van der Waals surface area contributed by atoms with Gasteiger partial charge in [0, 0.05) is 21.5 Å². The molecule has 1 saturated carbocycles. The molecule has 2 heterocycles. The number of piperidine rings is 1. The third-order valence-electron chi connectivity index (χ3n) is 6.70. The molecule has 128 valence electrons.